The van der Waals surface area contributed by atoms with Crippen molar-refractivity contribution < 1.29 is 9.18 Å². The highest BCUT2D eigenvalue weighted by Gasteiger charge is 2.31. The van der Waals surface area contributed by atoms with Gasteiger partial charge < -0.3 is 5.32 Å². The summed E-state index contributed by atoms with van der Waals surface area (Å²) in [6.45, 7) is 4.09. The molecule has 2 N–H and O–H groups in total. The van der Waals surface area contributed by atoms with Crippen molar-refractivity contribution in [1.82, 2.24) is 9.78 Å². The van der Waals surface area contributed by atoms with Gasteiger partial charge >= 0.3 is 0 Å². The van der Waals surface area contributed by atoms with Crippen LogP contribution in [0.4, 0.5) is 10.2 Å². The Morgan fingerprint density at radius 3 is 2.71 bits per heavy atom. The number of H-pyrrole nitrogens is 1. The summed E-state index contributed by atoms with van der Waals surface area (Å²) < 4.78 is 15.0. The molecule has 2 aromatic rings. The normalized spacial score (nSPS) is 18.6. The first-order valence-electron chi connectivity index (χ1n) is 8.02. The second kappa shape index (κ2) is 6.84. The Labute approximate surface area is 143 Å². The number of aromatic nitrogens is 2. The molecule has 0 bridgehead atoms. The number of amides is 1. The number of hydrogen-bond donors (Lipinski definition) is 2. The topological polar surface area (TPSA) is 66.9 Å². The largest absolute Gasteiger partial charge is 0.310 e. The van der Waals surface area contributed by atoms with Crippen LogP contribution in [0, 0.1) is 5.82 Å². The van der Waals surface area contributed by atoms with E-state index in [1.54, 1.807) is 16.8 Å². The smallest absolute Gasteiger partial charge is 0.270 e. The molecule has 1 aliphatic heterocycles. The zero-order valence-electron chi connectivity index (χ0n) is 13.6. The summed E-state index contributed by atoms with van der Waals surface area (Å²) in [6, 6.07) is 6.16. The van der Waals surface area contributed by atoms with Gasteiger partial charge in [-0.2, -0.15) is 0 Å². The summed E-state index contributed by atoms with van der Waals surface area (Å²) in [5.74, 6) is 0.320. The Morgan fingerprint density at radius 2 is 2.04 bits per heavy atom. The Morgan fingerprint density at radius 1 is 1.33 bits per heavy atom. The summed E-state index contributed by atoms with van der Waals surface area (Å²) in [5, 5.41) is 5.41. The maximum Gasteiger partial charge on any atom is 0.270 e. The van der Waals surface area contributed by atoms with Crippen molar-refractivity contribution in [1.29, 1.82) is 0 Å². The SMILES string of the molecule is CCCC(C)n1[nH]c(=O)c2c1NC(=O)CSC2c1ccc(F)cc1. The third-order valence-electron chi connectivity index (χ3n) is 4.18. The lowest BCUT2D eigenvalue weighted by Crippen LogP contribution is -2.18. The molecular weight excluding hydrogens is 329 g/mol. The van der Waals surface area contributed by atoms with E-state index in [4.69, 9.17) is 0 Å². The minimum absolute atomic E-state index is 0.0729. The molecule has 1 aromatic heterocycles. The maximum atomic E-state index is 13.2. The molecule has 0 saturated heterocycles. The van der Waals surface area contributed by atoms with Crippen LogP contribution in [0.25, 0.3) is 0 Å². The predicted octanol–water partition coefficient (Wildman–Crippen LogP) is 3.45. The first kappa shape index (κ1) is 16.8. The Balaban J connectivity index is 2.11. The van der Waals surface area contributed by atoms with Gasteiger partial charge in [0.1, 0.15) is 11.6 Å². The molecule has 3 rings (SSSR count). The van der Waals surface area contributed by atoms with Gasteiger partial charge in [0.15, 0.2) is 0 Å². The Bertz CT molecular complexity index is 797. The fourth-order valence-corrected chi connectivity index (χ4v) is 4.15. The highest BCUT2D eigenvalue weighted by Crippen LogP contribution is 2.40. The second-order valence-corrected chi connectivity index (χ2v) is 7.10. The van der Waals surface area contributed by atoms with Crippen molar-refractivity contribution in [2.24, 2.45) is 0 Å². The highest BCUT2D eigenvalue weighted by molar-refractivity contribution is 8.00. The van der Waals surface area contributed by atoms with Gasteiger partial charge in [-0.05, 0) is 31.0 Å². The van der Waals surface area contributed by atoms with Gasteiger partial charge in [-0.15, -0.1) is 11.8 Å². The van der Waals surface area contributed by atoms with Gasteiger partial charge in [-0.3, -0.25) is 19.4 Å². The van der Waals surface area contributed by atoms with E-state index in [0.29, 0.717) is 11.4 Å². The molecule has 2 heterocycles. The van der Waals surface area contributed by atoms with Crippen LogP contribution < -0.4 is 10.9 Å². The van der Waals surface area contributed by atoms with E-state index in [1.165, 1.54) is 23.9 Å². The van der Waals surface area contributed by atoms with E-state index in [2.05, 4.69) is 17.3 Å². The lowest BCUT2D eigenvalue weighted by atomic mass is 10.1. The summed E-state index contributed by atoms with van der Waals surface area (Å²) in [4.78, 5) is 24.7. The Kier molecular flexibility index (Phi) is 4.80. The van der Waals surface area contributed by atoms with Crippen LogP contribution in [0.5, 0.6) is 0 Å². The van der Waals surface area contributed by atoms with Gasteiger partial charge in [0.2, 0.25) is 5.91 Å². The average molecular weight is 349 g/mol. The second-order valence-electron chi connectivity index (χ2n) is 6.00. The number of carbonyl (C=O) groups is 1. The molecule has 0 radical (unpaired) electrons. The number of benzene rings is 1. The molecule has 1 amide bonds. The number of halogens is 1. The van der Waals surface area contributed by atoms with Gasteiger partial charge in [0, 0.05) is 6.04 Å². The van der Waals surface area contributed by atoms with Crippen molar-refractivity contribution in [3.8, 4) is 0 Å². The minimum Gasteiger partial charge on any atom is -0.310 e. The van der Waals surface area contributed by atoms with Crippen LogP contribution in [-0.4, -0.2) is 21.4 Å². The van der Waals surface area contributed by atoms with E-state index in [9.17, 15) is 14.0 Å². The first-order chi connectivity index (χ1) is 11.5. The van der Waals surface area contributed by atoms with Crippen molar-refractivity contribution in [3.63, 3.8) is 0 Å². The Hall–Kier alpha value is -2.02. The van der Waals surface area contributed by atoms with Crippen LogP contribution >= 0.6 is 11.8 Å². The number of nitrogens with one attached hydrogen (secondary N) is 2. The number of nitrogens with zero attached hydrogens (tertiary/aromatic N) is 1. The quantitative estimate of drug-likeness (QED) is 0.888. The van der Waals surface area contributed by atoms with E-state index in [1.807, 2.05) is 6.92 Å². The monoisotopic (exact) mass is 349 g/mol. The van der Waals surface area contributed by atoms with Gasteiger partial charge in [-0.1, -0.05) is 25.5 Å². The summed E-state index contributed by atoms with van der Waals surface area (Å²) in [7, 11) is 0. The lowest BCUT2D eigenvalue weighted by molar-refractivity contribution is -0.113. The number of hydrogen-bond acceptors (Lipinski definition) is 3. The molecule has 1 aromatic carbocycles. The minimum atomic E-state index is -0.324. The van der Waals surface area contributed by atoms with Crippen molar-refractivity contribution in [3.05, 3.63) is 51.6 Å². The van der Waals surface area contributed by atoms with Crippen molar-refractivity contribution in [2.75, 3.05) is 11.1 Å². The van der Waals surface area contributed by atoms with Crippen LogP contribution in [-0.2, 0) is 4.79 Å². The molecule has 7 heteroatoms. The van der Waals surface area contributed by atoms with Crippen LogP contribution in [0.15, 0.2) is 29.1 Å². The molecule has 0 aliphatic carbocycles. The van der Waals surface area contributed by atoms with Gasteiger partial charge in [-0.25, -0.2) is 4.39 Å². The number of aromatic amines is 1. The molecule has 5 nitrogen and oxygen atoms in total. The van der Waals surface area contributed by atoms with Gasteiger partial charge in [0.05, 0.1) is 16.6 Å². The summed E-state index contributed by atoms with van der Waals surface area (Å²) >= 11 is 1.38. The van der Waals surface area contributed by atoms with Crippen molar-refractivity contribution in [2.45, 2.75) is 38.0 Å². The molecule has 2 atom stereocenters. The number of anilines is 1. The number of rotatable bonds is 4. The molecule has 0 spiro atoms. The van der Waals surface area contributed by atoms with E-state index in [0.717, 1.165) is 18.4 Å². The summed E-state index contributed by atoms with van der Waals surface area (Å²) in [5.41, 5.74) is 1.13. The average Bonchev–Trinajstić information content (AvgIpc) is 2.75. The molecule has 2 unspecified atom stereocenters. The molecular formula is C17H20FN3O2S. The molecule has 24 heavy (non-hydrogen) atoms. The van der Waals surface area contributed by atoms with E-state index >= 15 is 0 Å². The number of thioether (sulfide) groups is 1. The van der Waals surface area contributed by atoms with E-state index < -0.39 is 0 Å². The van der Waals surface area contributed by atoms with Crippen LogP contribution in [0.1, 0.15) is 49.1 Å². The predicted molar refractivity (Wildman–Crippen MR) is 94.0 cm³/mol. The van der Waals surface area contributed by atoms with Gasteiger partial charge in [0.25, 0.3) is 5.56 Å². The zero-order chi connectivity index (χ0) is 17.3. The highest BCUT2D eigenvalue weighted by atomic mass is 32.2. The molecule has 1 aliphatic rings. The first-order valence-corrected chi connectivity index (χ1v) is 9.07. The summed E-state index contributed by atoms with van der Waals surface area (Å²) in [6.07, 6.45) is 1.86. The fraction of sp³-hybridized carbons (Fsp3) is 0.412. The van der Waals surface area contributed by atoms with Crippen LogP contribution in [0.2, 0.25) is 0 Å². The maximum absolute atomic E-state index is 13.2. The van der Waals surface area contributed by atoms with Crippen LogP contribution in [0.3, 0.4) is 0 Å². The van der Waals surface area contributed by atoms with E-state index in [-0.39, 0.29) is 34.3 Å². The fourth-order valence-electron chi connectivity index (χ4n) is 3.02. The lowest BCUT2D eigenvalue weighted by Gasteiger charge is -2.17. The molecule has 128 valence electrons. The number of carbonyl (C=O) groups excluding carboxylic acids is 1. The third-order valence-corrected chi connectivity index (χ3v) is 5.45. The number of fused-ring (bicyclic) bond motifs is 1. The standard InChI is InChI=1S/C17H20FN3O2S/c1-3-4-10(2)21-16-14(17(23)20-21)15(24-9-13(22)19-16)11-5-7-12(18)8-6-11/h5-8,10,15H,3-4,9H2,1-2H3,(H,19,22)(H,20,23). The zero-order valence-corrected chi connectivity index (χ0v) is 14.5. The third kappa shape index (κ3) is 3.13. The van der Waals surface area contributed by atoms with Crippen molar-refractivity contribution >= 4 is 23.5 Å². The molecule has 0 fully saturated rings. The molecule has 0 saturated carbocycles.